The molecule has 3 atom stereocenters. The number of aliphatic hydroxyl groups excluding tert-OH is 1. The van der Waals surface area contributed by atoms with Gasteiger partial charge in [-0.1, -0.05) is 13.8 Å². The smallest absolute Gasteiger partial charge is 0.247 e. The van der Waals surface area contributed by atoms with Crippen LogP contribution in [0.25, 0.3) is 0 Å². The van der Waals surface area contributed by atoms with Crippen LogP contribution >= 0.6 is 0 Å². The molecular formula is C11H22N2O3. The zero-order valence-corrected chi connectivity index (χ0v) is 10.2. The Hall–Kier alpha value is -0.650. The molecule has 0 bridgehead atoms. The van der Waals surface area contributed by atoms with E-state index in [1.807, 2.05) is 6.92 Å². The molecule has 5 nitrogen and oxygen atoms in total. The number of hydrogen-bond donors (Lipinski definition) is 2. The van der Waals surface area contributed by atoms with E-state index in [4.69, 9.17) is 10.5 Å². The van der Waals surface area contributed by atoms with Gasteiger partial charge in [-0.15, -0.1) is 0 Å². The minimum atomic E-state index is -0.559. The van der Waals surface area contributed by atoms with Crippen LogP contribution in [-0.4, -0.2) is 53.9 Å². The van der Waals surface area contributed by atoms with E-state index in [0.717, 1.165) is 6.54 Å². The molecule has 0 saturated carbocycles. The number of nitrogens with zero attached hydrogens (tertiary/aromatic N) is 1. The Morgan fingerprint density at radius 2 is 2.19 bits per heavy atom. The zero-order valence-electron chi connectivity index (χ0n) is 10.2. The van der Waals surface area contributed by atoms with E-state index < -0.39 is 12.0 Å². The van der Waals surface area contributed by atoms with Crippen molar-refractivity contribution in [3.8, 4) is 0 Å². The van der Waals surface area contributed by atoms with E-state index >= 15 is 0 Å². The standard InChI is InChI=1S/C11H22N2O3/c1-7(2)9(6-14)13-4-8(3)16-10(5-13)11(12)15/h7-10,14H,4-6H2,1-3H3,(H2,12,15)/t8?,9-,10?/m1/s1. The summed E-state index contributed by atoms with van der Waals surface area (Å²) in [5.74, 6) is -0.0965. The summed E-state index contributed by atoms with van der Waals surface area (Å²) in [7, 11) is 0. The average molecular weight is 230 g/mol. The van der Waals surface area contributed by atoms with Gasteiger partial charge in [-0.3, -0.25) is 9.69 Å². The first-order valence-electron chi connectivity index (χ1n) is 5.75. The highest BCUT2D eigenvalue weighted by atomic mass is 16.5. The first-order chi connectivity index (χ1) is 7.45. The fourth-order valence-corrected chi connectivity index (χ4v) is 2.16. The third-order valence-electron chi connectivity index (χ3n) is 3.03. The van der Waals surface area contributed by atoms with Crippen molar-refractivity contribution in [2.75, 3.05) is 19.7 Å². The molecule has 1 heterocycles. The van der Waals surface area contributed by atoms with Gasteiger partial charge in [0.2, 0.25) is 5.91 Å². The fraction of sp³-hybridized carbons (Fsp3) is 0.909. The Balaban J connectivity index is 2.69. The third kappa shape index (κ3) is 3.17. The van der Waals surface area contributed by atoms with Crippen LogP contribution in [0.1, 0.15) is 20.8 Å². The molecule has 94 valence electrons. The lowest BCUT2D eigenvalue weighted by Crippen LogP contribution is -2.56. The Bertz CT molecular complexity index is 245. The summed E-state index contributed by atoms with van der Waals surface area (Å²) in [6, 6.07) is 0.0631. The van der Waals surface area contributed by atoms with Gasteiger partial charge in [-0.2, -0.15) is 0 Å². The quantitative estimate of drug-likeness (QED) is 0.687. The first kappa shape index (κ1) is 13.4. The molecule has 16 heavy (non-hydrogen) atoms. The van der Waals surface area contributed by atoms with Gasteiger partial charge in [0.05, 0.1) is 12.7 Å². The maximum Gasteiger partial charge on any atom is 0.247 e. The second-order valence-electron chi connectivity index (χ2n) is 4.79. The molecule has 0 aliphatic carbocycles. The Morgan fingerprint density at radius 1 is 1.56 bits per heavy atom. The van der Waals surface area contributed by atoms with Crippen LogP contribution in [0.5, 0.6) is 0 Å². The topological polar surface area (TPSA) is 75.8 Å². The maximum absolute atomic E-state index is 11.1. The lowest BCUT2D eigenvalue weighted by molar-refractivity contribution is -0.146. The summed E-state index contributed by atoms with van der Waals surface area (Å²) < 4.78 is 5.45. The van der Waals surface area contributed by atoms with E-state index in [0.29, 0.717) is 12.5 Å². The lowest BCUT2D eigenvalue weighted by atomic mass is 10.0. The van der Waals surface area contributed by atoms with Crippen molar-refractivity contribution in [3.05, 3.63) is 0 Å². The van der Waals surface area contributed by atoms with E-state index in [-0.39, 0.29) is 18.8 Å². The molecule has 1 fully saturated rings. The van der Waals surface area contributed by atoms with E-state index in [9.17, 15) is 9.90 Å². The minimum Gasteiger partial charge on any atom is -0.395 e. The minimum absolute atomic E-state index is 0.0287. The van der Waals surface area contributed by atoms with E-state index in [1.165, 1.54) is 0 Å². The second-order valence-corrected chi connectivity index (χ2v) is 4.79. The molecule has 0 radical (unpaired) electrons. The third-order valence-corrected chi connectivity index (χ3v) is 3.03. The van der Waals surface area contributed by atoms with E-state index in [1.54, 1.807) is 0 Å². The average Bonchev–Trinajstić information content (AvgIpc) is 2.17. The highest BCUT2D eigenvalue weighted by Crippen LogP contribution is 2.18. The van der Waals surface area contributed by atoms with Crippen molar-refractivity contribution in [1.29, 1.82) is 0 Å². The Morgan fingerprint density at radius 3 is 2.62 bits per heavy atom. The second kappa shape index (κ2) is 5.61. The number of carbonyl (C=O) groups excluding carboxylic acids is 1. The first-order valence-corrected chi connectivity index (χ1v) is 5.75. The highest BCUT2D eigenvalue weighted by molar-refractivity contribution is 5.79. The molecule has 5 heteroatoms. The monoisotopic (exact) mass is 230 g/mol. The van der Waals surface area contributed by atoms with Crippen LogP contribution in [0.4, 0.5) is 0 Å². The van der Waals surface area contributed by atoms with Gasteiger partial charge in [0.1, 0.15) is 6.10 Å². The number of rotatable bonds is 4. The number of aliphatic hydroxyl groups is 1. The summed E-state index contributed by atoms with van der Waals surface area (Å²) in [6.07, 6.45) is -0.587. The van der Waals surface area contributed by atoms with Gasteiger partial charge in [-0.05, 0) is 12.8 Å². The van der Waals surface area contributed by atoms with Crippen molar-refractivity contribution in [3.63, 3.8) is 0 Å². The summed E-state index contributed by atoms with van der Waals surface area (Å²) in [5, 5.41) is 9.36. The van der Waals surface area contributed by atoms with Gasteiger partial charge in [0.25, 0.3) is 0 Å². The molecule has 1 amide bonds. The molecule has 0 aromatic heterocycles. The zero-order chi connectivity index (χ0) is 12.3. The number of ether oxygens (including phenoxy) is 1. The van der Waals surface area contributed by atoms with Crippen LogP contribution in [0.15, 0.2) is 0 Å². The SMILES string of the molecule is CC1CN([C@H](CO)C(C)C)CC(C(N)=O)O1. The van der Waals surface area contributed by atoms with Gasteiger partial charge >= 0.3 is 0 Å². The van der Waals surface area contributed by atoms with Crippen molar-refractivity contribution >= 4 is 5.91 Å². The molecular weight excluding hydrogens is 208 g/mol. The highest BCUT2D eigenvalue weighted by Gasteiger charge is 2.33. The Labute approximate surface area is 96.6 Å². The summed E-state index contributed by atoms with van der Waals surface area (Å²) >= 11 is 0. The normalized spacial score (nSPS) is 29.3. The molecule has 0 aromatic carbocycles. The van der Waals surface area contributed by atoms with Crippen LogP contribution in [0.3, 0.4) is 0 Å². The summed E-state index contributed by atoms with van der Waals surface area (Å²) in [4.78, 5) is 13.2. The number of primary amides is 1. The van der Waals surface area contributed by atoms with Crippen LogP contribution in [-0.2, 0) is 9.53 Å². The van der Waals surface area contributed by atoms with Crippen molar-refractivity contribution < 1.29 is 14.6 Å². The molecule has 0 spiro atoms. The van der Waals surface area contributed by atoms with Gasteiger partial charge < -0.3 is 15.6 Å². The predicted molar refractivity (Wildman–Crippen MR) is 60.8 cm³/mol. The summed E-state index contributed by atoms with van der Waals surface area (Å²) in [6.45, 7) is 7.32. The molecule has 1 aliphatic rings. The molecule has 2 unspecified atom stereocenters. The molecule has 1 rings (SSSR count). The molecule has 0 aromatic rings. The number of carbonyl (C=O) groups is 1. The lowest BCUT2D eigenvalue weighted by Gasteiger charge is -2.41. The molecule has 1 aliphatic heterocycles. The van der Waals surface area contributed by atoms with Crippen LogP contribution in [0.2, 0.25) is 0 Å². The van der Waals surface area contributed by atoms with Gasteiger partial charge in [0, 0.05) is 19.1 Å². The summed E-state index contributed by atoms with van der Waals surface area (Å²) in [5.41, 5.74) is 5.26. The predicted octanol–water partition coefficient (Wildman–Crippen LogP) is -0.422. The number of nitrogens with two attached hydrogens (primary N) is 1. The van der Waals surface area contributed by atoms with Gasteiger partial charge in [-0.25, -0.2) is 0 Å². The van der Waals surface area contributed by atoms with Crippen molar-refractivity contribution in [2.24, 2.45) is 11.7 Å². The van der Waals surface area contributed by atoms with Crippen molar-refractivity contribution in [2.45, 2.75) is 39.0 Å². The molecule has 1 saturated heterocycles. The largest absolute Gasteiger partial charge is 0.395 e. The van der Waals surface area contributed by atoms with Crippen LogP contribution < -0.4 is 5.73 Å². The number of amides is 1. The van der Waals surface area contributed by atoms with Crippen molar-refractivity contribution in [1.82, 2.24) is 4.90 Å². The van der Waals surface area contributed by atoms with Gasteiger partial charge in [0.15, 0.2) is 0 Å². The van der Waals surface area contributed by atoms with Crippen LogP contribution in [0, 0.1) is 5.92 Å². The fourth-order valence-electron chi connectivity index (χ4n) is 2.16. The maximum atomic E-state index is 11.1. The number of morpholine rings is 1. The number of hydrogen-bond acceptors (Lipinski definition) is 4. The molecule has 3 N–H and O–H groups in total. The van der Waals surface area contributed by atoms with E-state index in [2.05, 4.69) is 18.7 Å². The Kier molecular flexibility index (Phi) is 4.70.